The Hall–Kier alpha value is -3.47. The minimum atomic E-state index is -0.164. The van der Waals surface area contributed by atoms with Crippen LogP contribution in [0.4, 0.5) is 0 Å². The minimum Gasteiger partial charge on any atom is -0.497 e. The highest BCUT2D eigenvalue weighted by Crippen LogP contribution is 2.23. The molecule has 0 radical (unpaired) electrons. The number of carbonyl (C=O) groups is 1. The topological polar surface area (TPSA) is 56.8 Å². The summed E-state index contributed by atoms with van der Waals surface area (Å²) in [5, 5.41) is 3.18. The van der Waals surface area contributed by atoms with Gasteiger partial charge in [-0.3, -0.25) is 4.79 Å². The number of rotatable bonds is 9. The van der Waals surface area contributed by atoms with Crippen LogP contribution in [0.15, 0.2) is 72.8 Å². The lowest BCUT2D eigenvalue weighted by Gasteiger charge is -2.20. The molecule has 30 heavy (non-hydrogen) atoms. The van der Waals surface area contributed by atoms with Crippen LogP contribution in [0.1, 0.15) is 22.7 Å². The van der Waals surface area contributed by atoms with Crippen LogP contribution >= 0.6 is 0 Å². The number of hydrogen-bond acceptors (Lipinski definition) is 4. The third kappa shape index (κ3) is 5.77. The fraction of sp³-hybridized carbons (Fsp3) is 0.240. The Labute approximate surface area is 177 Å². The van der Waals surface area contributed by atoms with Gasteiger partial charge in [0.05, 0.1) is 33.8 Å². The van der Waals surface area contributed by atoms with Crippen LogP contribution in [0.25, 0.3) is 0 Å². The molecule has 0 saturated heterocycles. The van der Waals surface area contributed by atoms with Crippen molar-refractivity contribution in [1.29, 1.82) is 0 Å². The van der Waals surface area contributed by atoms with Crippen LogP contribution in [0.2, 0.25) is 0 Å². The summed E-state index contributed by atoms with van der Waals surface area (Å²) in [7, 11) is 4.90. The molecule has 156 valence electrons. The Morgan fingerprint density at radius 3 is 1.97 bits per heavy atom. The molecule has 5 nitrogen and oxygen atoms in total. The maximum Gasteiger partial charge on any atom is 0.224 e. The normalized spacial score (nSPS) is 11.4. The van der Waals surface area contributed by atoms with Crippen LogP contribution in [-0.4, -0.2) is 27.2 Å². The summed E-state index contributed by atoms with van der Waals surface area (Å²) >= 11 is 0. The molecular formula is C25H27NO4. The second-order valence-corrected chi connectivity index (χ2v) is 6.97. The van der Waals surface area contributed by atoms with Crippen molar-refractivity contribution >= 4 is 5.91 Å². The molecule has 0 unspecified atom stereocenters. The highest BCUT2D eigenvalue weighted by molar-refractivity contribution is 5.79. The summed E-state index contributed by atoms with van der Waals surface area (Å²) in [6.07, 6.45) is 0.951. The number of nitrogens with one attached hydrogen (secondary N) is 1. The number of carbonyl (C=O) groups excluding carboxylic acids is 1. The average molecular weight is 405 g/mol. The Kier molecular flexibility index (Phi) is 7.33. The van der Waals surface area contributed by atoms with Crippen LogP contribution in [0.5, 0.6) is 17.2 Å². The van der Waals surface area contributed by atoms with Crippen LogP contribution in [0, 0.1) is 0 Å². The van der Waals surface area contributed by atoms with Crippen LogP contribution in [0.3, 0.4) is 0 Å². The maximum atomic E-state index is 12.8. The molecule has 3 aromatic rings. The second-order valence-electron chi connectivity index (χ2n) is 6.97. The van der Waals surface area contributed by atoms with Gasteiger partial charge in [-0.1, -0.05) is 36.4 Å². The molecule has 0 spiro atoms. The molecule has 0 fully saturated rings. The summed E-state index contributed by atoms with van der Waals surface area (Å²) in [6.45, 7) is 0. The standard InChI is InChI=1S/C25H27NO4/c1-28-21-11-7-18(8-12-21)16-24(20-9-13-22(29-2)14-10-20)26-25(27)17-19-5-4-6-23(15-19)30-3/h4-15,24H,16-17H2,1-3H3,(H,26,27)/t24-/m1/s1. The Morgan fingerprint density at radius 1 is 0.767 bits per heavy atom. The monoisotopic (exact) mass is 405 g/mol. The van der Waals surface area contributed by atoms with E-state index in [9.17, 15) is 4.79 Å². The number of ether oxygens (including phenoxy) is 3. The quantitative estimate of drug-likeness (QED) is 0.575. The lowest BCUT2D eigenvalue weighted by atomic mass is 9.98. The van der Waals surface area contributed by atoms with E-state index in [0.29, 0.717) is 6.42 Å². The third-order valence-corrected chi connectivity index (χ3v) is 4.95. The largest absolute Gasteiger partial charge is 0.497 e. The SMILES string of the molecule is COc1ccc(C[C@@H](NC(=O)Cc2cccc(OC)c2)c2ccc(OC)cc2)cc1. The van der Waals surface area contributed by atoms with Gasteiger partial charge >= 0.3 is 0 Å². The molecule has 0 aliphatic rings. The molecule has 0 saturated carbocycles. The predicted molar refractivity (Wildman–Crippen MR) is 117 cm³/mol. The molecule has 0 bridgehead atoms. The average Bonchev–Trinajstić information content (AvgIpc) is 2.79. The first-order valence-electron chi connectivity index (χ1n) is 9.80. The smallest absolute Gasteiger partial charge is 0.224 e. The van der Waals surface area contributed by atoms with Crippen molar-refractivity contribution < 1.29 is 19.0 Å². The number of hydrogen-bond donors (Lipinski definition) is 1. The van der Waals surface area contributed by atoms with Crippen molar-refractivity contribution in [3.05, 3.63) is 89.5 Å². The van der Waals surface area contributed by atoms with E-state index in [0.717, 1.165) is 33.9 Å². The summed E-state index contributed by atoms with van der Waals surface area (Å²) < 4.78 is 15.8. The van der Waals surface area contributed by atoms with E-state index < -0.39 is 0 Å². The Balaban J connectivity index is 1.77. The van der Waals surface area contributed by atoms with Gasteiger partial charge in [0.2, 0.25) is 5.91 Å². The van der Waals surface area contributed by atoms with E-state index in [1.54, 1.807) is 21.3 Å². The second kappa shape index (κ2) is 10.3. The molecule has 1 amide bonds. The van der Waals surface area contributed by atoms with Crippen LogP contribution in [-0.2, 0) is 17.6 Å². The van der Waals surface area contributed by atoms with Gasteiger partial charge in [-0.15, -0.1) is 0 Å². The summed E-state index contributed by atoms with van der Waals surface area (Å²) in [5.41, 5.74) is 3.04. The van der Waals surface area contributed by atoms with Gasteiger partial charge in [-0.25, -0.2) is 0 Å². The summed E-state index contributed by atoms with van der Waals surface area (Å²) in [5.74, 6) is 2.29. The van der Waals surface area contributed by atoms with Gasteiger partial charge in [-0.2, -0.15) is 0 Å². The van der Waals surface area contributed by atoms with Gasteiger partial charge in [0.25, 0.3) is 0 Å². The van der Waals surface area contributed by atoms with Gasteiger partial charge in [0.1, 0.15) is 17.2 Å². The summed E-state index contributed by atoms with van der Waals surface area (Å²) in [4.78, 5) is 12.8. The van der Waals surface area contributed by atoms with E-state index in [-0.39, 0.29) is 18.4 Å². The minimum absolute atomic E-state index is 0.0439. The zero-order valence-electron chi connectivity index (χ0n) is 17.6. The zero-order chi connectivity index (χ0) is 21.3. The first-order chi connectivity index (χ1) is 14.6. The van der Waals surface area contributed by atoms with Crippen molar-refractivity contribution in [2.24, 2.45) is 0 Å². The van der Waals surface area contributed by atoms with E-state index in [1.165, 1.54) is 0 Å². The lowest BCUT2D eigenvalue weighted by Crippen LogP contribution is -2.31. The van der Waals surface area contributed by atoms with Crippen molar-refractivity contribution in [2.45, 2.75) is 18.9 Å². The number of benzene rings is 3. The molecule has 0 heterocycles. The molecule has 5 heteroatoms. The first kappa shape index (κ1) is 21.2. The molecule has 0 aliphatic heterocycles. The Bertz CT molecular complexity index is 952. The van der Waals surface area contributed by atoms with E-state index in [2.05, 4.69) is 5.32 Å². The maximum absolute atomic E-state index is 12.8. The lowest BCUT2D eigenvalue weighted by molar-refractivity contribution is -0.121. The third-order valence-electron chi connectivity index (χ3n) is 4.95. The predicted octanol–water partition coefficient (Wildman–Crippen LogP) is 4.36. The Morgan fingerprint density at radius 2 is 1.37 bits per heavy atom. The van der Waals surface area contributed by atoms with Crippen LogP contribution < -0.4 is 19.5 Å². The number of methoxy groups -OCH3 is 3. The highest BCUT2D eigenvalue weighted by Gasteiger charge is 2.16. The summed E-state index contributed by atoms with van der Waals surface area (Å²) in [6, 6.07) is 23.1. The fourth-order valence-electron chi connectivity index (χ4n) is 3.30. The molecule has 3 rings (SSSR count). The number of amides is 1. The first-order valence-corrected chi connectivity index (χ1v) is 9.80. The van der Waals surface area contributed by atoms with Crippen molar-refractivity contribution in [3.63, 3.8) is 0 Å². The van der Waals surface area contributed by atoms with Crippen molar-refractivity contribution in [2.75, 3.05) is 21.3 Å². The van der Waals surface area contributed by atoms with Crippen molar-refractivity contribution in [1.82, 2.24) is 5.32 Å². The van der Waals surface area contributed by atoms with Gasteiger partial charge in [0.15, 0.2) is 0 Å². The molecule has 1 atom stereocenters. The van der Waals surface area contributed by atoms with E-state index >= 15 is 0 Å². The highest BCUT2D eigenvalue weighted by atomic mass is 16.5. The molecule has 0 aliphatic carbocycles. The molecule has 0 aromatic heterocycles. The molecule has 1 N–H and O–H groups in total. The van der Waals surface area contributed by atoms with Gasteiger partial charge < -0.3 is 19.5 Å². The molecular weight excluding hydrogens is 378 g/mol. The van der Waals surface area contributed by atoms with E-state index in [1.807, 2.05) is 72.8 Å². The van der Waals surface area contributed by atoms with Crippen molar-refractivity contribution in [3.8, 4) is 17.2 Å². The van der Waals surface area contributed by atoms with E-state index in [4.69, 9.17) is 14.2 Å². The van der Waals surface area contributed by atoms with Gasteiger partial charge in [0, 0.05) is 0 Å². The fourth-order valence-corrected chi connectivity index (χ4v) is 3.30. The van der Waals surface area contributed by atoms with Gasteiger partial charge in [-0.05, 0) is 59.5 Å². The molecule has 3 aromatic carbocycles. The zero-order valence-corrected chi connectivity index (χ0v) is 17.6.